The summed E-state index contributed by atoms with van der Waals surface area (Å²) in [7, 11) is 0. The van der Waals surface area contributed by atoms with Crippen LogP contribution in [-0.2, 0) is 4.74 Å². The van der Waals surface area contributed by atoms with E-state index in [-0.39, 0.29) is 28.1 Å². The van der Waals surface area contributed by atoms with Crippen molar-refractivity contribution in [3.8, 4) is 11.5 Å². The zero-order valence-corrected chi connectivity index (χ0v) is 14.8. The Morgan fingerprint density at radius 1 is 1.07 bits per heavy atom. The predicted octanol–water partition coefficient (Wildman–Crippen LogP) is 5.27. The molecule has 1 unspecified atom stereocenters. The lowest BCUT2D eigenvalue weighted by Crippen LogP contribution is -2.09. The summed E-state index contributed by atoms with van der Waals surface area (Å²) in [6.07, 6.45) is -0.813. The second-order valence-electron chi connectivity index (χ2n) is 5.43. The number of thioether (sulfide) groups is 1. The van der Waals surface area contributed by atoms with Crippen molar-refractivity contribution in [1.29, 1.82) is 0 Å². The van der Waals surface area contributed by atoms with Crippen LogP contribution in [0.15, 0.2) is 63.9 Å². The molecule has 140 valence electrons. The van der Waals surface area contributed by atoms with Gasteiger partial charge < -0.3 is 9.15 Å². The van der Waals surface area contributed by atoms with Gasteiger partial charge in [0.2, 0.25) is 5.89 Å². The van der Waals surface area contributed by atoms with Crippen LogP contribution in [0.3, 0.4) is 0 Å². The van der Waals surface area contributed by atoms with Gasteiger partial charge in [-0.2, -0.15) is 13.2 Å². The van der Waals surface area contributed by atoms with E-state index >= 15 is 0 Å². The summed E-state index contributed by atoms with van der Waals surface area (Å²) in [4.78, 5) is 12.1. The molecule has 0 aliphatic heterocycles. The molecule has 27 heavy (non-hydrogen) atoms. The Morgan fingerprint density at radius 2 is 1.74 bits per heavy atom. The van der Waals surface area contributed by atoms with Crippen molar-refractivity contribution >= 4 is 17.7 Å². The molecule has 1 heterocycles. The number of hydrogen-bond acceptors (Lipinski definition) is 6. The summed E-state index contributed by atoms with van der Waals surface area (Å²) in [5, 5.41) is 7.79. The number of hydrogen-bond donors (Lipinski definition) is 0. The first kappa shape index (κ1) is 19.0. The highest BCUT2D eigenvalue weighted by Gasteiger charge is 2.29. The Morgan fingerprint density at radius 3 is 2.37 bits per heavy atom. The third-order valence-corrected chi connectivity index (χ3v) is 4.16. The van der Waals surface area contributed by atoms with E-state index in [2.05, 4.69) is 10.2 Å². The Labute approximate surface area is 156 Å². The summed E-state index contributed by atoms with van der Waals surface area (Å²) in [6, 6.07) is 14.1. The van der Waals surface area contributed by atoms with Crippen LogP contribution in [0.4, 0.5) is 13.2 Å². The first-order valence-electron chi connectivity index (χ1n) is 7.77. The van der Waals surface area contributed by atoms with Gasteiger partial charge in [0.05, 0.1) is 5.56 Å². The van der Waals surface area contributed by atoms with Crippen molar-refractivity contribution in [3.63, 3.8) is 0 Å². The highest BCUT2D eigenvalue weighted by molar-refractivity contribution is 8.00. The van der Waals surface area contributed by atoms with Crippen molar-refractivity contribution in [1.82, 2.24) is 10.2 Å². The maximum atomic E-state index is 12.3. The minimum atomic E-state index is -4.38. The van der Waals surface area contributed by atoms with Crippen LogP contribution in [0.25, 0.3) is 11.5 Å². The fraction of sp³-hybridized carbons (Fsp3) is 0.167. The first-order chi connectivity index (χ1) is 12.8. The number of esters is 1. The van der Waals surface area contributed by atoms with Gasteiger partial charge in [-0.25, -0.2) is 4.79 Å². The minimum absolute atomic E-state index is 0.0171. The van der Waals surface area contributed by atoms with Crippen molar-refractivity contribution in [2.45, 2.75) is 23.4 Å². The molecule has 0 aliphatic rings. The van der Waals surface area contributed by atoms with Crippen LogP contribution in [0.2, 0.25) is 0 Å². The zero-order chi connectivity index (χ0) is 19.4. The average molecular weight is 394 g/mol. The lowest BCUT2D eigenvalue weighted by atomic mass is 10.2. The second-order valence-corrected chi connectivity index (χ2v) is 6.57. The first-order valence-corrected chi connectivity index (χ1v) is 8.59. The van der Waals surface area contributed by atoms with Gasteiger partial charge in [-0.3, -0.25) is 0 Å². The van der Waals surface area contributed by atoms with E-state index < -0.39 is 17.6 Å². The van der Waals surface area contributed by atoms with Gasteiger partial charge >= 0.3 is 11.5 Å². The molecule has 1 atom stereocenters. The molecule has 2 aromatic carbocycles. The molecule has 0 fully saturated rings. The zero-order valence-electron chi connectivity index (χ0n) is 13.9. The quantitative estimate of drug-likeness (QED) is 0.434. The lowest BCUT2D eigenvalue weighted by molar-refractivity contribution is -0.0328. The van der Waals surface area contributed by atoms with Crippen LogP contribution in [-0.4, -0.2) is 21.7 Å². The molecule has 0 amide bonds. The van der Waals surface area contributed by atoms with E-state index in [1.807, 2.05) is 18.2 Å². The Balaban J connectivity index is 1.65. The average Bonchev–Trinajstić information content (AvgIpc) is 3.12. The highest BCUT2D eigenvalue weighted by Crippen LogP contribution is 2.36. The molecule has 5 nitrogen and oxygen atoms in total. The summed E-state index contributed by atoms with van der Waals surface area (Å²) in [5.74, 6) is -0.293. The molecule has 0 saturated carbocycles. The molecule has 9 heteroatoms. The maximum absolute atomic E-state index is 12.3. The monoisotopic (exact) mass is 394 g/mol. The number of carbonyl (C=O) groups excluding carboxylic acids is 1. The van der Waals surface area contributed by atoms with Gasteiger partial charge in [-0.15, -0.1) is 10.2 Å². The SMILES string of the molecule is CC(OC(=O)c1ccc(SC(F)(F)F)cc1)c1nnc(-c2ccccc2)o1. The Bertz CT molecular complexity index is 912. The summed E-state index contributed by atoms with van der Waals surface area (Å²) in [5.41, 5.74) is -3.53. The molecular formula is C18H13F3N2O3S. The van der Waals surface area contributed by atoms with E-state index in [4.69, 9.17) is 9.15 Å². The number of alkyl halides is 3. The van der Waals surface area contributed by atoms with Crippen molar-refractivity contribution in [3.05, 3.63) is 66.1 Å². The standard InChI is InChI=1S/C18H13F3N2O3S/c1-11(15-22-23-16(26-15)12-5-3-2-4-6-12)25-17(24)13-7-9-14(10-8-13)27-18(19,20)21/h2-11H,1H3. The molecule has 0 spiro atoms. The normalized spacial score (nSPS) is 12.6. The van der Waals surface area contributed by atoms with Gasteiger partial charge in [0.1, 0.15) is 0 Å². The van der Waals surface area contributed by atoms with Crippen LogP contribution in [0.1, 0.15) is 29.3 Å². The van der Waals surface area contributed by atoms with Crippen LogP contribution < -0.4 is 0 Å². The molecule has 0 saturated heterocycles. The predicted molar refractivity (Wildman–Crippen MR) is 91.9 cm³/mol. The van der Waals surface area contributed by atoms with Gasteiger partial charge in [0, 0.05) is 10.5 Å². The van der Waals surface area contributed by atoms with Crippen LogP contribution >= 0.6 is 11.8 Å². The second kappa shape index (κ2) is 7.83. The van der Waals surface area contributed by atoms with Crippen molar-refractivity contribution in [2.24, 2.45) is 0 Å². The fourth-order valence-electron chi connectivity index (χ4n) is 2.17. The number of ether oxygens (including phenoxy) is 1. The molecule has 0 radical (unpaired) electrons. The lowest BCUT2D eigenvalue weighted by Gasteiger charge is -2.10. The number of benzene rings is 2. The van der Waals surface area contributed by atoms with E-state index in [0.717, 1.165) is 5.56 Å². The minimum Gasteiger partial charge on any atom is -0.449 e. The number of halogens is 3. The Kier molecular flexibility index (Phi) is 5.50. The van der Waals surface area contributed by atoms with Gasteiger partial charge in [-0.05, 0) is 55.1 Å². The summed E-state index contributed by atoms with van der Waals surface area (Å²) < 4.78 is 47.8. The van der Waals surface area contributed by atoms with Crippen molar-refractivity contribution in [2.75, 3.05) is 0 Å². The van der Waals surface area contributed by atoms with Gasteiger partial charge in [-0.1, -0.05) is 18.2 Å². The van der Waals surface area contributed by atoms with E-state index in [1.165, 1.54) is 24.3 Å². The highest BCUT2D eigenvalue weighted by atomic mass is 32.2. The topological polar surface area (TPSA) is 65.2 Å². The van der Waals surface area contributed by atoms with Gasteiger partial charge in [0.25, 0.3) is 5.89 Å². The number of carbonyl (C=O) groups is 1. The van der Waals surface area contributed by atoms with E-state index in [0.29, 0.717) is 5.89 Å². The van der Waals surface area contributed by atoms with E-state index in [1.54, 1.807) is 19.1 Å². The molecular weight excluding hydrogens is 381 g/mol. The smallest absolute Gasteiger partial charge is 0.446 e. The summed E-state index contributed by atoms with van der Waals surface area (Å²) in [6.45, 7) is 1.56. The number of nitrogens with zero attached hydrogens (tertiary/aromatic N) is 2. The number of aromatic nitrogens is 2. The fourth-order valence-corrected chi connectivity index (χ4v) is 2.71. The van der Waals surface area contributed by atoms with Crippen LogP contribution in [0.5, 0.6) is 0 Å². The molecule has 3 aromatic rings. The third-order valence-electron chi connectivity index (χ3n) is 3.42. The Hall–Kier alpha value is -2.81. The molecule has 0 aliphatic carbocycles. The largest absolute Gasteiger partial charge is 0.449 e. The van der Waals surface area contributed by atoms with Gasteiger partial charge in [0.15, 0.2) is 6.10 Å². The number of rotatable bonds is 5. The molecule has 0 N–H and O–H groups in total. The molecule has 3 rings (SSSR count). The van der Waals surface area contributed by atoms with E-state index in [9.17, 15) is 18.0 Å². The third kappa shape index (κ3) is 5.10. The van der Waals surface area contributed by atoms with Crippen molar-refractivity contribution < 1.29 is 27.1 Å². The molecule has 1 aromatic heterocycles. The summed E-state index contributed by atoms with van der Waals surface area (Å²) >= 11 is -0.253. The van der Waals surface area contributed by atoms with Crippen LogP contribution in [0, 0.1) is 0 Å². The molecule has 0 bridgehead atoms. The maximum Gasteiger partial charge on any atom is 0.446 e.